The molecule has 0 fully saturated rings. The molecule has 5 rings (SSSR count). The van der Waals surface area contributed by atoms with Crippen LogP contribution in [0, 0.1) is 6.92 Å². The molecule has 0 aliphatic carbocycles. The van der Waals surface area contributed by atoms with E-state index in [2.05, 4.69) is 20.8 Å². The number of benzene rings is 2. The predicted octanol–water partition coefficient (Wildman–Crippen LogP) is 5.00. The molecule has 7 nitrogen and oxygen atoms in total. The van der Waals surface area contributed by atoms with Gasteiger partial charge in [0.1, 0.15) is 11.3 Å². The van der Waals surface area contributed by atoms with Crippen molar-refractivity contribution in [2.45, 2.75) is 13.3 Å². The average Bonchev–Trinajstić information content (AvgIpc) is 3.57. The maximum atomic E-state index is 13.0. The van der Waals surface area contributed by atoms with Gasteiger partial charge >= 0.3 is 0 Å². The van der Waals surface area contributed by atoms with Gasteiger partial charge in [0, 0.05) is 16.1 Å². The summed E-state index contributed by atoms with van der Waals surface area (Å²) in [5.41, 5.74) is 4.43. The Morgan fingerprint density at radius 3 is 2.72 bits per heavy atom. The fourth-order valence-electron chi connectivity index (χ4n) is 3.34. The molecule has 2 aromatic carbocycles. The van der Waals surface area contributed by atoms with Crippen molar-refractivity contribution < 1.29 is 4.79 Å². The van der Waals surface area contributed by atoms with Crippen molar-refractivity contribution in [2.75, 3.05) is 5.32 Å². The molecule has 0 bridgehead atoms. The second kappa shape index (κ2) is 8.81. The highest BCUT2D eigenvalue weighted by molar-refractivity contribution is 7.17. The van der Waals surface area contributed by atoms with Crippen LogP contribution in [0.15, 0.2) is 72.4 Å². The third-order valence-corrected chi connectivity index (χ3v) is 6.86. The summed E-state index contributed by atoms with van der Waals surface area (Å²) in [6.07, 6.45) is 1.77. The molecule has 3 aromatic heterocycles. The van der Waals surface area contributed by atoms with Gasteiger partial charge in [-0.1, -0.05) is 42.5 Å². The van der Waals surface area contributed by atoms with E-state index in [1.54, 1.807) is 27.4 Å². The van der Waals surface area contributed by atoms with E-state index in [0.29, 0.717) is 5.69 Å². The third-order valence-electron chi connectivity index (χ3n) is 4.88. The summed E-state index contributed by atoms with van der Waals surface area (Å²) in [5, 5.41) is 17.3. The van der Waals surface area contributed by atoms with Gasteiger partial charge in [0.2, 0.25) is 5.91 Å². The molecule has 5 aromatic rings. The second-order valence-electron chi connectivity index (χ2n) is 7.11. The van der Waals surface area contributed by atoms with E-state index in [4.69, 9.17) is 4.98 Å². The average molecular weight is 459 g/mol. The van der Waals surface area contributed by atoms with E-state index in [-0.39, 0.29) is 12.3 Å². The topological polar surface area (TPSA) is 85.6 Å². The first-order valence-electron chi connectivity index (χ1n) is 9.90. The van der Waals surface area contributed by atoms with E-state index in [9.17, 15) is 4.79 Å². The maximum Gasteiger partial charge on any atom is 0.229 e. The van der Waals surface area contributed by atoms with Crippen LogP contribution in [0.2, 0.25) is 0 Å². The standard InChI is InChI=1S/C23H18N6OS2/c1-15-9-10-17(12-18(15)29-14-24-27-28-29)25-21(30)13-20-22(19-8-5-11-31-19)26-23(32-20)16-6-3-2-4-7-16/h2-12,14H,13H2,1H3,(H,25,30). The molecule has 0 saturated carbocycles. The summed E-state index contributed by atoms with van der Waals surface area (Å²) in [7, 11) is 0. The fraction of sp³-hybridized carbons (Fsp3) is 0.0870. The summed E-state index contributed by atoms with van der Waals surface area (Å²) in [5.74, 6) is -0.0995. The normalized spacial score (nSPS) is 10.9. The Kier molecular flexibility index (Phi) is 5.57. The van der Waals surface area contributed by atoms with E-state index >= 15 is 0 Å². The molecular formula is C23H18N6OS2. The van der Waals surface area contributed by atoms with Crippen LogP contribution in [0.5, 0.6) is 0 Å². The molecule has 0 atom stereocenters. The van der Waals surface area contributed by atoms with Crippen molar-refractivity contribution in [3.63, 3.8) is 0 Å². The SMILES string of the molecule is Cc1ccc(NC(=O)Cc2sc(-c3ccccc3)nc2-c2cccs2)cc1-n1cnnn1. The Morgan fingerprint density at radius 2 is 1.97 bits per heavy atom. The lowest BCUT2D eigenvalue weighted by molar-refractivity contribution is -0.115. The van der Waals surface area contributed by atoms with Crippen molar-refractivity contribution >= 4 is 34.3 Å². The number of thiazole rings is 1. The number of nitrogens with one attached hydrogen (secondary N) is 1. The molecule has 0 aliphatic rings. The van der Waals surface area contributed by atoms with E-state index in [1.807, 2.05) is 73.0 Å². The number of aryl methyl sites for hydroxylation is 1. The Balaban J connectivity index is 1.41. The second-order valence-corrected chi connectivity index (χ2v) is 9.15. The Bertz CT molecular complexity index is 1340. The number of thiophene rings is 1. The first kappa shape index (κ1) is 20.2. The summed E-state index contributed by atoms with van der Waals surface area (Å²) in [4.78, 5) is 19.8. The van der Waals surface area contributed by atoms with Crippen LogP contribution >= 0.6 is 22.7 Å². The quantitative estimate of drug-likeness (QED) is 0.387. The highest BCUT2D eigenvalue weighted by Gasteiger charge is 2.18. The maximum absolute atomic E-state index is 13.0. The van der Waals surface area contributed by atoms with Crippen molar-refractivity contribution in [3.05, 3.63) is 82.8 Å². The largest absolute Gasteiger partial charge is 0.326 e. The third kappa shape index (κ3) is 4.20. The Hall–Kier alpha value is -3.69. The minimum atomic E-state index is -0.0995. The summed E-state index contributed by atoms with van der Waals surface area (Å²) >= 11 is 3.18. The van der Waals surface area contributed by atoms with E-state index in [0.717, 1.165) is 37.3 Å². The lowest BCUT2D eigenvalue weighted by Crippen LogP contribution is -2.14. The van der Waals surface area contributed by atoms with E-state index < -0.39 is 0 Å². The summed E-state index contributed by atoms with van der Waals surface area (Å²) in [6.45, 7) is 1.97. The van der Waals surface area contributed by atoms with Crippen LogP contribution in [0.1, 0.15) is 10.4 Å². The van der Waals surface area contributed by atoms with Crippen LogP contribution in [-0.4, -0.2) is 31.1 Å². The summed E-state index contributed by atoms with van der Waals surface area (Å²) in [6, 6.07) is 19.8. The number of hydrogen-bond donors (Lipinski definition) is 1. The number of hydrogen-bond acceptors (Lipinski definition) is 7. The first-order valence-corrected chi connectivity index (χ1v) is 11.6. The lowest BCUT2D eigenvalue weighted by Gasteiger charge is -2.09. The predicted molar refractivity (Wildman–Crippen MR) is 127 cm³/mol. The smallest absolute Gasteiger partial charge is 0.229 e. The minimum absolute atomic E-state index is 0.0995. The van der Waals surface area contributed by atoms with Gasteiger partial charge < -0.3 is 5.32 Å². The van der Waals surface area contributed by atoms with Gasteiger partial charge in [-0.05, 0) is 46.5 Å². The zero-order valence-electron chi connectivity index (χ0n) is 17.1. The van der Waals surface area contributed by atoms with Gasteiger partial charge in [-0.25, -0.2) is 9.67 Å². The molecule has 9 heteroatoms. The molecule has 0 unspecified atom stereocenters. The number of carbonyl (C=O) groups is 1. The Labute approximate surface area is 192 Å². The van der Waals surface area contributed by atoms with Crippen molar-refractivity contribution in [2.24, 2.45) is 0 Å². The number of aromatic nitrogens is 5. The number of carbonyl (C=O) groups excluding carboxylic acids is 1. The van der Waals surface area contributed by atoms with Gasteiger partial charge in [0.25, 0.3) is 0 Å². The molecule has 158 valence electrons. The van der Waals surface area contributed by atoms with Gasteiger partial charge in [0.05, 0.1) is 22.7 Å². The van der Waals surface area contributed by atoms with Crippen LogP contribution < -0.4 is 5.32 Å². The molecule has 32 heavy (non-hydrogen) atoms. The van der Waals surface area contributed by atoms with Crippen molar-refractivity contribution in [1.29, 1.82) is 0 Å². The Morgan fingerprint density at radius 1 is 1.09 bits per heavy atom. The minimum Gasteiger partial charge on any atom is -0.326 e. The fourth-order valence-corrected chi connectivity index (χ4v) is 5.22. The van der Waals surface area contributed by atoms with Crippen LogP contribution in [-0.2, 0) is 11.2 Å². The van der Waals surface area contributed by atoms with Crippen molar-refractivity contribution in [1.82, 2.24) is 25.2 Å². The highest BCUT2D eigenvalue weighted by Crippen LogP contribution is 2.36. The zero-order chi connectivity index (χ0) is 21.9. The monoisotopic (exact) mass is 458 g/mol. The molecule has 0 radical (unpaired) electrons. The van der Waals surface area contributed by atoms with Crippen LogP contribution in [0.25, 0.3) is 26.8 Å². The van der Waals surface area contributed by atoms with Gasteiger partial charge in [-0.3, -0.25) is 4.79 Å². The first-order chi connectivity index (χ1) is 15.7. The molecule has 0 aliphatic heterocycles. The zero-order valence-corrected chi connectivity index (χ0v) is 18.7. The van der Waals surface area contributed by atoms with E-state index in [1.165, 1.54) is 6.33 Å². The molecule has 1 amide bonds. The van der Waals surface area contributed by atoms with Gasteiger partial charge in [-0.15, -0.1) is 27.8 Å². The number of tetrazole rings is 1. The van der Waals surface area contributed by atoms with Gasteiger partial charge in [-0.2, -0.15) is 0 Å². The van der Waals surface area contributed by atoms with Crippen LogP contribution in [0.3, 0.4) is 0 Å². The number of amides is 1. The van der Waals surface area contributed by atoms with Crippen molar-refractivity contribution in [3.8, 4) is 26.8 Å². The molecular weight excluding hydrogens is 440 g/mol. The molecule has 0 saturated heterocycles. The van der Waals surface area contributed by atoms with Crippen LogP contribution in [0.4, 0.5) is 5.69 Å². The molecule has 0 spiro atoms. The lowest BCUT2D eigenvalue weighted by atomic mass is 10.1. The van der Waals surface area contributed by atoms with Gasteiger partial charge in [0.15, 0.2) is 0 Å². The molecule has 1 N–H and O–H groups in total. The number of rotatable bonds is 6. The summed E-state index contributed by atoms with van der Waals surface area (Å²) < 4.78 is 1.58. The molecule has 3 heterocycles. The highest BCUT2D eigenvalue weighted by atomic mass is 32.1. The number of anilines is 1. The number of nitrogens with zero attached hydrogens (tertiary/aromatic N) is 5.